The van der Waals surface area contributed by atoms with E-state index < -0.39 is 48.1 Å². The molecule has 0 radical (unpaired) electrons. The highest BCUT2D eigenvalue weighted by Gasteiger charge is 2.56. The number of hydrogen-bond acceptors (Lipinski definition) is 6. The van der Waals surface area contributed by atoms with Crippen molar-refractivity contribution in [3.8, 4) is 17.0 Å². The zero-order chi connectivity index (χ0) is 32.6. The zero-order valence-electron chi connectivity index (χ0n) is 23.6. The van der Waals surface area contributed by atoms with Crippen LogP contribution in [0.1, 0.15) is 39.8 Å². The van der Waals surface area contributed by atoms with Gasteiger partial charge in [-0.3, -0.25) is 14.6 Å². The largest absolute Gasteiger partial charge is 0.491 e. The molecule has 0 bridgehead atoms. The number of carbonyl (C=O) groups excluding carboxylic acids is 2. The number of primary amides is 1. The highest BCUT2D eigenvalue weighted by atomic mass is 35.5. The van der Waals surface area contributed by atoms with Crippen molar-refractivity contribution in [3.63, 3.8) is 0 Å². The summed E-state index contributed by atoms with van der Waals surface area (Å²) in [5.41, 5.74) is 2.10. The van der Waals surface area contributed by atoms with Gasteiger partial charge in [0.15, 0.2) is 0 Å². The number of rotatable bonds is 9. The van der Waals surface area contributed by atoms with Crippen LogP contribution in [0.25, 0.3) is 22.2 Å². The van der Waals surface area contributed by atoms with Gasteiger partial charge in [-0.05, 0) is 68.8 Å². The summed E-state index contributed by atoms with van der Waals surface area (Å²) in [6.45, 7) is 3.80. The van der Waals surface area contributed by atoms with E-state index in [0.717, 1.165) is 23.8 Å². The minimum Gasteiger partial charge on any atom is -0.491 e. The van der Waals surface area contributed by atoms with E-state index in [1.165, 1.54) is 18.2 Å². The molecule has 0 unspecified atom stereocenters. The SMILES string of the molecule is CCOc1c(CC(N)=O)cc([C@@](O)(CNC(=O)c2cc(Cl)c3nc(C)c(C)cc3c2)C(F)(F)F)nc1-c1ccc(F)c(Cl)c1. The first-order chi connectivity index (χ1) is 20.5. The molecule has 0 fully saturated rings. The molecule has 232 valence electrons. The Hall–Kier alpha value is -4.00. The number of fused-ring (bicyclic) bond motifs is 1. The summed E-state index contributed by atoms with van der Waals surface area (Å²) in [4.78, 5) is 33.4. The minimum atomic E-state index is -5.39. The maximum atomic E-state index is 14.6. The first kappa shape index (κ1) is 32.9. The third-order valence-electron chi connectivity index (χ3n) is 6.87. The van der Waals surface area contributed by atoms with E-state index in [1.54, 1.807) is 26.8 Å². The lowest BCUT2D eigenvalue weighted by Crippen LogP contribution is -2.51. The van der Waals surface area contributed by atoms with Crippen LogP contribution in [0.2, 0.25) is 10.0 Å². The van der Waals surface area contributed by atoms with Crippen LogP contribution in [-0.4, -0.2) is 46.2 Å². The number of pyridine rings is 2. The van der Waals surface area contributed by atoms with Crippen LogP contribution >= 0.6 is 23.2 Å². The van der Waals surface area contributed by atoms with E-state index in [1.807, 2.05) is 0 Å². The van der Waals surface area contributed by atoms with Crippen LogP contribution in [0.5, 0.6) is 5.75 Å². The van der Waals surface area contributed by atoms with Gasteiger partial charge in [0.1, 0.15) is 17.3 Å². The number of ether oxygens (including phenoxy) is 1. The van der Waals surface area contributed by atoms with Gasteiger partial charge in [-0.2, -0.15) is 13.2 Å². The summed E-state index contributed by atoms with van der Waals surface area (Å²) in [5, 5.41) is 13.5. The summed E-state index contributed by atoms with van der Waals surface area (Å²) < 4.78 is 63.4. The third kappa shape index (κ3) is 6.57. The fraction of sp³-hybridized carbons (Fsp3) is 0.267. The standard InChI is InChI=1S/C30H26Cl2F4N4O4/c1-4-44-27-18(12-24(37)41)11-23(40-26(27)16-5-6-22(33)20(31)9-16)29(43,30(34,35)36)13-38-28(42)19-8-17-7-14(2)15(3)39-25(17)21(32)10-19/h5-11,43H,4,12-13H2,1-3H3,(H2,37,41)(H,38,42)/t29-/m0/s1. The highest BCUT2D eigenvalue weighted by Crippen LogP contribution is 2.42. The molecule has 0 saturated heterocycles. The number of amides is 2. The average molecular weight is 653 g/mol. The highest BCUT2D eigenvalue weighted by molar-refractivity contribution is 6.35. The van der Waals surface area contributed by atoms with Crippen molar-refractivity contribution in [2.24, 2.45) is 5.73 Å². The van der Waals surface area contributed by atoms with Gasteiger partial charge in [0, 0.05) is 27.8 Å². The maximum absolute atomic E-state index is 14.6. The Kier molecular flexibility index (Phi) is 9.38. The number of nitrogens with zero attached hydrogens (tertiary/aromatic N) is 2. The predicted molar refractivity (Wildman–Crippen MR) is 157 cm³/mol. The number of nitrogens with one attached hydrogen (secondary N) is 1. The van der Waals surface area contributed by atoms with E-state index in [4.69, 9.17) is 33.7 Å². The van der Waals surface area contributed by atoms with E-state index in [-0.39, 0.29) is 44.8 Å². The van der Waals surface area contributed by atoms with Crippen molar-refractivity contribution >= 4 is 45.9 Å². The first-order valence-corrected chi connectivity index (χ1v) is 13.9. The molecule has 4 rings (SSSR count). The monoisotopic (exact) mass is 652 g/mol. The van der Waals surface area contributed by atoms with E-state index in [9.17, 15) is 32.3 Å². The smallest absolute Gasteiger partial charge is 0.424 e. The molecule has 2 amide bonds. The summed E-state index contributed by atoms with van der Waals surface area (Å²) >= 11 is 12.2. The lowest BCUT2D eigenvalue weighted by atomic mass is 9.93. The Morgan fingerprint density at radius 2 is 1.75 bits per heavy atom. The Balaban J connectivity index is 1.82. The topological polar surface area (TPSA) is 127 Å². The number of alkyl halides is 3. The van der Waals surface area contributed by atoms with Crippen LogP contribution in [0.15, 0.2) is 42.5 Å². The van der Waals surface area contributed by atoms with Crippen molar-refractivity contribution in [2.45, 2.75) is 39.0 Å². The van der Waals surface area contributed by atoms with Crippen LogP contribution in [0, 0.1) is 19.7 Å². The van der Waals surface area contributed by atoms with Gasteiger partial charge >= 0.3 is 6.18 Å². The second-order valence-corrected chi connectivity index (χ2v) is 10.8. The van der Waals surface area contributed by atoms with Crippen LogP contribution in [0.3, 0.4) is 0 Å². The number of nitrogens with two attached hydrogens (primary N) is 1. The van der Waals surface area contributed by atoms with Crippen molar-refractivity contribution in [1.82, 2.24) is 15.3 Å². The van der Waals surface area contributed by atoms with Gasteiger partial charge in [-0.1, -0.05) is 23.2 Å². The second kappa shape index (κ2) is 12.5. The Morgan fingerprint density at radius 1 is 1.05 bits per heavy atom. The van der Waals surface area contributed by atoms with E-state index in [0.29, 0.717) is 16.6 Å². The Morgan fingerprint density at radius 3 is 2.36 bits per heavy atom. The molecule has 4 aromatic rings. The number of benzene rings is 2. The molecule has 0 spiro atoms. The predicted octanol–water partition coefficient (Wildman–Crippen LogP) is 5.97. The molecule has 2 heterocycles. The van der Waals surface area contributed by atoms with Crippen LogP contribution in [0.4, 0.5) is 17.6 Å². The summed E-state index contributed by atoms with van der Waals surface area (Å²) in [6, 6.07) is 8.50. The Labute approximate surface area is 259 Å². The molecule has 1 atom stereocenters. The number of aliphatic hydroxyl groups is 1. The Bertz CT molecular complexity index is 1780. The molecule has 0 aliphatic heterocycles. The fourth-order valence-corrected chi connectivity index (χ4v) is 4.93. The molecule has 2 aromatic carbocycles. The van der Waals surface area contributed by atoms with Crippen LogP contribution < -0.4 is 15.8 Å². The fourth-order valence-electron chi connectivity index (χ4n) is 4.48. The molecule has 0 saturated carbocycles. The molecule has 0 aliphatic carbocycles. The second-order valence-electron chi connectivity index (χ2n) is 10.0. The van der Waals surface area contributed by atoms with E-state index in [2.05, 4.69) is 15.3 Å². The molecule has 0 aliphatic rings. The molecular weight excluding hydrogens is 627 g/mol. The third-order valence-corrected chi connectivity index (χ3v) is 7.45. The lowest BCUT2D eigenvalue weighted by molar-refractivity contribution is -0.265. The van der Waals surface area contributed by atoms with E-state index >= 15 is 0 Å². The number of hydrogen-bond donors (Lipinski definition) is 3. The van der Waals surface area contributed by atoms with Gasteiger partial charge in [-0.15, -0.1) is 0 Å². The first-order valence-electron chi connectivity index (χ1n) is 13.1. The van der Waals surface area contributed by atoms with Crippen molar-refractivity contribution in [1.29, 1.82) is 0 Å². The normalized spacial score (nSPS) is 13.0. The van der Waals surface area contributed by atoms with Crippen LogP contribution in [-0.2, 0) is 16.8 Å². The van der Waals surface area contributed by atoms with Crippen molar-refractivity contribution in [2.75, 3.05) is 13.2 Å². The molecule has 2 aromatic heterocycles. The molecule has 14 heteroatoms. The maximum Gasteiger partial charge on any atom is 0.424 e. The number of aryl methyl sites for hydroxylation is 2. The summed E-state index contributed by atoms with van der Waals surface area (Å²) in [7, 11) is 0. The lowest BCUT2D eigenvalue weighted by Gasteiger charge is -2.31. The van der Waals surface area contributed by atoms with Gasteiger partial charge in [0.05, 0.1) is 40.8 Å². The quantitative estimate of drug-likeness (QED) is 0.191. The average Bonchev–Trinajstić information content (AvgIpc) is 2.94. The molecule has 44 heavy (non-hydrogen) atoms. The number of halogens is 6. The van der Waals surface area contributed by atoms with Crippen molar-refractivity contribution in [3.05, 3.63) is 86.4 Å². The molecular formula is C30H26Cl2F4N4O4. The molecule has 4 N–H and O–H groups in total. The summed E-state index contributed by atoms with van der Waals surface area (Å²) in [6.07, 6.45) is -5.97. The number of aromatic nitrogens is 2. The minimum absolute atomic E-state index is 0.0112. The molecule has 8 nitrogen and oxygen atoms in total. The van der Waals surface area contributed by atoms with Gasteiger partial charge in [-0.25, -0.2) is 9.37 Å². The van der Waals surface area contributed by atoms with Gasteiger partial charge < -0.3 is 20.9 Å². The van der Waals surface area contributed by atoms with Crippen molar-refractivity contribution < 1.29 is 37.0 Å². The van der Waals surface area contributed by atoms with Gasteiger partial charge in [0.2, 0.25) is 11.5 Å². The zero-order valence-corrected chi connectivity index (χ0v) is 25.1. The van der Waals surface area contributed by atoms with Gasteiger partial charge in [0.25, 0.3) is 5.91 Å². The number of carbonyl (C=O) groups is 2. The summed E-state index contributed by atoms with van der Waals surface area (Å²) in [5.74, 6) is -2.80.